The van der Waals surface area contributed by atoms with Crippen molar-refractivity contribution in [2.75, 3.05) is 12.0 Å². The number of hydrogen-bond donors (Lipinski definition) is 0. The molecule has 0 aromatic heterocycles. The number of hydrogen-bond acceptors (Lipinski definition) is 3. The summed E-state index contributed by atoms with van der Waals surface area (Å²) in [5.74, 6) is 0.677. The molecule has 4 aromatic rings. The highest BCUT2D eigenvalue weighted by Gasteiger charge is 2.46. The number of benzene rings is 4. The second kappa shape index (κ2) is 9.13. The zero-order chi connectivity index (χ0) is 22.6. The van der Waals surface area contributed by atoms with E-state index in [-0.39, 0.29) is 18.0 Å². The Morgan fingerprint density at radius 2 is 1.24 bits per heavy atom. The third-order valence-corrected chi connectivity index (χ3v) is 5.92. The lowest BCUT2D eigenvalue weighted by atomic mass is 9.89. The van der Waals surface area contributed by atoms with E-state index in [1.54, 1.807) is 12.0 Å². The van der Waals surface area contributed by atoms with Gasteiger partial charge in [0, 0.05) is 5.69 Å². The highest BCUT2D eigenvalue weighted by atomic mass is 16.5. The molecule has 1 unspecified atom stereocenters. The first-order valence-corrected chi connectivity index (χ1v) is 11.0. The number of amides is 1. The number of carbonyl (C=O) groups is 1. The monoisotopic (exact) mass is 432 g/mol. The van der Waals surface area contributed by atoms with Crippen LogP contribution in [0.25, 0.3) is 0 Å². The van der Waals surface area contributed by atoms with E-state index in [9.17, 15) is 4.79 Å². The molecule has 0 saturated carbocycles. The Hall–Kier alpha value is -4.18. The first-order valence-electron chi connectivity index (χ1n) is 11.0. The standard InChI is InChI=1S/C29H24N2O2/c1-33-25-19-17-24(18-20-25)31-28(23-15-9-4-10-16-23)27(29(31)32)30-26(21-11-5-2-6-12-21)22-13-7-3-8-14-22/h2-20,26,28H,1H3. The summed E-state index contributed by atoms with van der Waals surface area (Å²) in [7, 11) is 1.63. The molecule has 4 nitrogen and oxygen atoms in total. The van der Waals surface area contributed by atoms with Crippen LogP contribution in [-0.4, -0.2) is 18.7 Å². The van der Waals surface area contributed by atoms with Gasteiger partial charge in [-0.1, -0.05) is 91.0 Å². The van der Waals surface area contributed by atoms with Gasteiger partial charge in [-0.25, -0.2) is 0 Å². The van der Waals surface area contributed by atoms with Gasteiger partial charge in [-0.15, -0.1) is 0 Å². The zero-order valence-corrected chi connectivity index (χ0v) is 18.3. The van der Waals surface area contributed by atoms with Gasteiger partial charge in [0.2, 0.25) is 0 Å². The summed E-state index contributed by atoms with van der Waals surface area (Å²) in [5, 5.41) is 0. The van der Waals surface area contributed by atoms with Gasteiger partial charge in [0.1, 0.15) is 23.5 Å². The van der Waals surface area contributed by atoms with Crippen molar-refractivity contribution in [2.45, 2.75) is 12.1 Å². The predicted molar refractivity (Wildman–Crippen MR) is 132 cm³/mol. The molecule has 0 bridgehead atoms. The van der Waals surface area contributed by atoms with Gasteiger partial charge in [0.25, 0.3) is 5.91 Å². The summed E-state index contributed by atoms with van der Waals surface area (Å²) in [6.07, 6.45) is 0. The molecule has 1 heterocycles. The van der Waals surface area contributed by atoms with E-state index in [1.807, 2.05) is 91.0 Å². The highest BCUT2D eigenvalue weighted by Crippen LogP contribution is 2.40. The van der Waals surface area contributed by atoms with E-state index >= 15 is 0 Å². The number of methoxy groups -OCH3 is 1. The Labute approximate surface area is 193 Å². The molecular weight excluding hydrogens is 408 g/mol. The van der Waals surface area contributed by atoms with Crippen LogP contribution in [0, 0.1) is 0 Å². The van der Waals surface area contributed by atoms with E-state index in [0.717, 1.165) is 28.1 Å². The minimum absolute atomic E-state index is 0.0779. The fourth-order valence-electron chi connectivity index (χ4n) is 4.24. The molecule has 1 saturated heterocycles. The van der Waals surface area contributed by atoms with Crippen molar-refractivity contribution in [1.29, 1.82) is 0 Å². The molecule has 0 spiro atoms. The molecule has 1 fully saturated rings. The van der Waals surface area contributed by atoms with Crippen molar-refractivity contribution in [3.05, 3.63) is 132 Å². The first-order chi connectivity index (χ1) is 16.3. The van der Waals surface area contributed by atoms with Crippen LogP contribution in [0.1, 0.15) is 28.8 Å². The average Bonchev–Trinajstić information content (AvgIpc) is 2.89. The van der Waals surface area contributed by atoms with E-state index in [4.69, 9.17) is 9.73 Å². The summed E-state index contributed by atoms with van der Waals surface area (Å²) in [6.45, 7) is 0. The molecule has 4 aromatic carbocycles. The van der Waals surface area contributed by atoms with Gasteiger partial charge in [0.15, 0.2) is 0 Å². The van der Waals surface area contributed by atoms with Crippen LogP contribution in [-0.2, 0) is 4.79 Å². The number of anilines is 1. The Kier molecular flexibility index (Phi) is 5.73. The molecule has 0 N–H and O–H groups in total. The maximum absolute atomic E-state index is 13.5. The molecule has 5 rings (SSSR count). The van der Waals surface area contributed by atoms with E-state index in [2.05, 4.69) is 24.3 Å². The molecule has 4 heteroatoms. The molecule has 1 aliphatic heterocycles. The van der Waals surface area contributed by atoms with Crippen molar-refractivity contribution in [3.63, 3.8) is 0 Å². The Morgan fingerprint density at radius 3 is 1.76 bits per heavy atom. The topological polar surface area (TPSA) is 41.9 Å². The summed E-state index contributed by atoms with van der Waals surface area (Å²) in [4.78, 5) is 20.3. The zero-order valence-electron chi connectivity index (χ0n) is 18.3. The third-order valence-electron chi connectivity index (χ3n) is 5.92. The normalized spacial score (nSPS) is 16.7. The quantitative estimate of drug-likeness (QED) is 0.350. The first kappa shape index (κ1) is 20.7. The summed E-state index contributed by atoms with van der Waals surface area (Å²) < 4.78 is 5.28. The number of β-lactam (4-membered cyclic amide) rings is 1. The Bertz CT molecular complexity index is 1210. The van der Waals surface area contributed by atoms with Crippen molar-refractivity contribution in [2.24, 2.45) is 4.99 Å². The van der Waals surface area contributed by atoms with Gasteiger partial charge in [0.05, 0.1) is 7.11 Å². The van der Waals surface area contributed by atoms with Crippen LogP contribution in [0.15, 0.2) is 120 Å². The van der Waals surface area contributed by atoms with Crippen LogP contribution in [0.3, 0.4) is 0 Å². The molecule has 0 radical (unpaired) electrons. The molecule has 0 aliphatic carbocycles. The summed E-state index contributed by atoms with van der Waals surface area (Å²) in [5.41, 5.74) is 4.53. The summed E-state index contributed by atoms with van der Waals surface area (Å²) in [6, 6.07) is 37.4. The maximum atomic E-state index is 13.5. The average molecular weight is 433 g/mol. The lowest BCUT2D eigenvalue weighted by Gasteiger charge is -2.42. The van der Waals surface area contributed by atoms with E-state index in [0.29, 0.717) is 5.71 Å². The van der Waals surface area contributed by atoms with Crippen LogP contribution in [0.5, 0.6) is 5.75 Å². The molecule has 1 aliphatic rings. The lowest BCUT2D eigenvalue weighted by molar-refractivity contribution is -0.115. The minimum Gasteiger partial charge on any atom is -0.497 e. The number of nitrogens with zero attached hydrogens (tertiary/aromatic N) is 2. The molecule has 1 atom stereocenters. The Morgan fingerprint density at radius 1 is 0.727 bits per heavy atom. The largest absolute Gasteiger partial charge is 0.497 e. The van der Waals surface area contributed by atoms with E-state index in [1.165, 1.54) is 0 Å². The third kappa shape index (κ3) is 4.03. The minimum atomic E-state index is -0.254. The SMILES string of the molecule is COc1ccc(N2C(=O)C(=NC(c3ccccc3)c3ccccc3)C2c2ccccc2)cc1. The fourth-order valence-corrected chi connectivity index (χ4v) is 4.24. The van der Waals surface area contributed by atoms with Crippen LogP contribution >= 0.6 is 0 Å². The van der Waals surface area contributed by atoms with Gasteiger partial charge < -0.3 is 4.74 Å². The fraction of sp³-hybridized carbons (Fsp3) is 0.103. The van der Waals surface area contributed by atoms with Gasteiger partial charge in [-0.05, 0) is 41.0 Å². The summed E-state index contributed by atoms with van der Waals surface area (Å²) >= 11 is 0. The van der Waals surface area contributed by atoms with Crippen LogP contribution in [0.4, 0.5) is 5.69 Å². The van der Waals surface area contributed by atoms with E-state index < -0.39 is 0 Å². The molecular formula is C29H24N2O2. The van der Waals surface area contributed by atoms with Crippen molar-refractivity contribution in [3.8, 4) is 5.75 Å². The number of ether oxygens (including phenoxy) is 1. The number of rotatable bonds is 6. The van der Waals surface area contributed by atoms with Gasteiger partial charge in [-0.3, -0.25) is 14.7 Å². The van der Waals surface area contributed by atoms with Crippen molar-refractivity contribution >= 4 is 17.3 Å². The molecule has 162 valence electrons. The number of carbonyl (C=O) groups excluding carboxylic acids is 1. The maximum Gasteiger partial charge on any atom is 0.275 e. The highest BCUT2D eigenvalue weighted by molar-refractivity contribution is 6.53. The van der Waals surface area contributed by atoms with Crippen molar-refractivity contribution < 1.29 is 9.53 Å². The lowest BCUT2D eigenvalue weighted by Crippen LogP contribution is -2.56. The molecule has 33 heavy (non-hydrogen) atoms. The van der Waals surface area contributed by atoms with Crippen LogP contribution < -0.4 is 9.64 Å². The van der Waals surface area contributed by atoms with Crippen LogP contribution in [0.2, 0.25) is 0 Å². The van der Waals surface area contributed by atoms with Gasteiger partial charge in [-0.2, -0.15) is 0 Å². The Balaban J connectivity index is 1.59. The number of aliphatic imine (C=N–C) groups is 1. The second-order valence-corrected chi connectivity index (χ2v) is 7.92. The smallest absolute Gasteiger partial charge is 0.275 e. The molecule has 1 amide bonds. The predicted octanol–water partition coefficient (Wildman–Crippen LogP) is 6.01. The van der Waals surface area contributed by atoms with Gasteiger partial charge >= 0.3 is 0 Å². The second-order valence-electron chi connectivity index (χ2n) is 7.92. The van der Waals surface area contributed by atoms with Crippen molar-refractivity contribution in [1.82, 2.24) is 0 Å².